The van der Waals surface area contributed by atoms with E-state index in [9.17, 15) is 4.79 Å². The van der Waals surface area contributed by atoms with Crippen molar-refractivity contribution >= 4 is 5.91 Å². The van der Waals surface area contributed by atoms with Gasteiger partial charge in [-0.15, -0.1) is 0 Å². The second-order valence-electron chi connectivity index (χ2n) is 6.25. The molecule has 0 aromatic heterocycles. The van der Waals surface area contributed by atoms with Gasteiger partial charge in [-0.3, -0.25) is 4.79 Å². The fourth-order valence-electron chi connectivity index (χ4n) is 2.22. The van der Waals surface area contributed by atoms with Gasteiger partial charge in [0, 0.05) is 24.7 Å². The number of rotatable bonds is 4. The summed E-state index contributed by atoms with van der Waals surface area (Å²) < 4.78 is 0. The summed E-state index contributed by atoms with van der Waals surface area (Å²) in [6, 6.07) is 0.402. The maximum Gasteiger partial charge on any atom is 0.236 e. The highest BCUT2D eigenvalue weighted by molar-refractivity contribution is 5.79. The topological polar surface area (TPSA) is 35.6 Å². The van der Waals surface area contributed by atoms with Crippen molar-refractivity contribution in [1.29, 1.82) is 0 Å². The molecule has 1 saturated heterocycles. The summed E-state index contributed by atoms with van der Waals surface area (Å²) in [5.41, 5.74) is 0.00638. The highest BCUT2D eigenvalue weighted by Gasteiger charge is 2.29. The minimum Gasteiger partial charge on any atom is -0.337 e. The van der Waals surface area contributed by atoms with Crippen LogP contribution in [-0.4, -0.2) is 61.0 Å². The van der Waals surface area contributed by atoms with Crippen molar-refractivity contribution in [2.24, 2.45) is 0 Å². The maximum absolute atomic E-state index is 12.1. The molecule has 0 aromatic rings. The van der Waals surface area contributed by atoms with Crippen LogP contribution >= 0.6 is 0 Å². The van der Waals surface area contributed by atoms with E-state index in [0.29, 0.717) is 12.6 Å². The molecule has 1 heterocycles. The van der Waals surface area contributed by atoms with E-state index in [2.05, 4.69) is 45.1 Å². The molecule has 1 rings (SSSR count). The van der Waals surface area contributed by atoms with Gasteiger partial charge in [0.05, 0.1) is 6.54 Å². The third kappa shape index (κ3) is 5.04. The van der Waals surface area contributed by atoms with Gasteiger partial charge in [-0.1, -0.05) is 0 Å². The lowest BCUT2D eigenvalue weighted by Crippen LogP contribution is -2.48. The predicted molar refractivity (Wildman–Crippen MR) is 71.0 cm³/mol. The third-order valence-corrected chi connectivity index (χ3v) is 3.04. The number of carbonyl (C=O) groups excluding carboxylic acids is 1. The largest absolute Gasteiger partial charge is 0.337 e. The summed E-state index contributed by atoms with van der Waals surface area (Å²) in [7, 11) is 4.13. The van der Waals surface area contributed by atoms with Crippen molar-refractivity contribution in [1.82, 2.24) is 15.1 Å². The fraction of sp³-hybridized carbons (Fsp3) is 0.923. The van der Waals surface area contributed by atoms with Crippen molar-refractivity contribution < 1.29 is 4.79 Å². The molecule has 4 nitrogen and oxygen atoms in total. The van der Waals surface area contributed by atoms with E-state index in [-0.39, 0.29) is 11.4 Å². The molecule has 0 bridgehead atoms. The Morgan fingerprint density at radius 2 is 2.06 bits per heavy atom. The molecule has 1 amide bonds. The number of amides is 1. The lowest BCUT2D eigenvalue weighted by Gasteiger charge is -2.29. The lowest BCUT2D eigenvalue weighted by molar-refractivity contribution is -0.131. The molecule has 0 aliphatic carbocycles. The summed E-state index contributed by atoms with van der Waals surface area (Å²) in [4.78, 5) is 16.3. The first-order valence-electron chi connectivity index (χ1n) is 6.49. The highest BCUT2D eigenvalue weighted by atomic mass is 16.2. The molecule has 1 unspecified atom stereocenters. The first-order chi connectivity index (χ1) is 7.79. The standard InChI is InChI=1S/C13H27N3O/c1-13(2,3)14-9-12(17)16-8-6-7-11(16)10-15(4)5/h11,14H,6-10H2,1-5H3. The minimum absolute atomic E-state index is 0.00638. The molecular formula is C13H27N3O. The van der Waals surface area contributed by atoms with E-state index < -0.39 is 0 Å². The predicted octanol–water partition coefficient (Wildman–Crippen LogP) is 0.927. The minimum atomic E-state index is 0.00638. The number of nitrogens with zero attached hydrogens (tertiary/aromatic N) is 2. The molecule has 0 radical (unpaired) electrons. The van der Waals surface area contributed by atoms with Crippen LogP contribution in [0.25, 0.3) is 0 Å². The molecule has 1 aliphatic rings. The SMILES string of the molecule is CN(C)CC1CCCN1C(=O)CNC(C)(C)C. The second-order valence-corrected chi connectivity index (χ2v) is 6.25. The van der Waals surface area contributed by atoms with E-state index >= 15 is 0 Å². The lowest BCUT2D eigenvalue weighted by atomic mass is 10.1. The van der Waals surface area contributed by atoms with Gasteiger partial charge >= 0.3 is 0 Å². The zero-order valence-corrected chi connectivity index (χ0v) is 11.9. The average Bonchev–Trinajstić information content (AvgIpc) is 2.60. The summed E-state index contributed by atoms with van der Waals surface area (Å²) in [6.45, 7) is 8.60. The summed E-state index contributed by atoms with van der Waals surface area (Å²) >= 11 is 0. The van der Waals surface area contributed by atoms with Gasteiger partial charge in [-0.25, -0.2) is 0 Å². The van der Waals surface area contributed by atoms with Crippen LogP contribution in [0, 0.1) is 0 Å². The molecule has 0 aromatic carbocycles. The number of likely N-dealkylation sites (N-methyl/N-ethyl adjacent to an activating group) is 1. The first-order valence-corrected chi connectivity index (χ1v) is 6.49. The van der Waals surface area contributed by atoms with Crippen molar-refractivity contribution in [2.75, 3.05) is 33.7 Å². The van der Waals surface area contributed by atoms with Crippen LogP contribution in [0.1, 0.15) is 33.6 Å². The van der Waals surface area contributed by atoms with Gasteiger partial charge in [0.1, 0.15) is 0 Å². The Bertz CT molecular complexity index is 258. The number of hydrogen-bond donors (Lipinski definition) is 1. The van der Waals surface area contributed by atoms with Crippen LogP contribution in [-0.2, 0) is 4.79 Å². The van der Waals surface area contributed by atoms with Crippen molar-refractivity contribution in [3.8, 4) is 0 Å². The van der Waals surface area contributed by atoms with Gasteiger partial charge in [0.2, 0.25) is 5.91 Å². The number of nitrogens with one attached hydrogen (secondary N) is 1. The van der Waals surface area contributed by atoms with Crippen LogP contribution in [0.2, 0.25) is 0 Å². The Kier molecular flexibility index (Phi) is 4.95. The maximum atomic E-state index is 12.1. The molecule has 1 fully saturated rings. The number of carbonyl (C=O) groups is 1. The molecule has 17 heavy (non-hydrogen) atoms. The molecule has 0 spiro atoms. The van der Waals surface area contributed by atoms with Crippen LogP contribution in [0.4, 0.5) is 0 Å². The van der Waals surface area contributed by atoms with E-state index in [0.717, 1.165) is 25.9 Å². The molecule has 1 atom stereocenters. The Balaban J connectivity index is 2.44. The van der Waals surface area contributed by atoms with E-state index in [1.807, 2.05) is 4.90 Å². The molecule has 1 aliphatic heterocycles. The van der Waals surface area contributed by atoms with Crippen LogP contribution in [0.5, 0.6) is 0 Å². The molecule has 1 N–H and O–H groups in total. The summed E-state index contributed by atoms with van der Waals surface area (Å²) in [6.07, 6.45) is 2.28. The van der Waals surface area contributed by atoms with E-state index in [4.69, 9.17) is 0 Å². The first kappa shape index (κ1) is 14.5. The van der Waals surface area contributed by atoms with Gasteiger partial charge in [-0.05, 0) is 47.7 Å². The van der Waals surface area contributed by atoms with Crippen LogP contribution in [0.15, 0.2) is 0 Å². The molecular weight excluding hydrogens is 214 g/mol. The number of hydrogen-bond acceptors (Lipinski definition) is 3. The zero-order valence-electron chi connectivity index (χ0n) is 11.9. The Hall–Kier alpha value is -0.610. The van der Waals surface area contributed by atoms with Crippen molar-refractivity contribution in [2.45, 2.75) is 45.2 Å². The summed E-state index contributed by atoms with van der Waals surface area (Å²) in [5, 5.41) is 3.27. The zero-order chi connectivity index (χ0) is 13.1. The Morgan fingerprint density at radius 1 is 1.41 bits per heavy atom. The van der Waals surface area contributed by atoms with Crippen molar-refractivity contribution in [3.63, 3.8) is 0 Å². The van der Waals surface area contributed by atoms with Gasteiger partial charge in [-0.2, -0.15) is 0 Å². The van der Waals surface area contributed by atoms with Gasteiger partial charge in [0.15, 0.2) is 0 Å². The van der Waals surface area contributed by atoms with Crippen LogP contribution < -0.4 is 5.32 Å². The second kappa shape index (κ2) is 5.83. The Labute approximate surface area is 105 Å². The van der Waals surface area contributed by atoms with Gasteiger partial charge in [0.25, 0.3) is 0 Å². The quantitative estimate of drug-likeness (QED) is 0.795. The molecule has 0 saturated carbocycles. The van der Waals surface area contributed by atoms with Crippen LogP contribution in [0.3, 0.4) is 0 Å². The normalized spacial score (nSPS) is 21.3. The smallest absolute Gasteiger partial charge is 0.236 e. The monoisotopic (exact) mass is 241 g/mol. The highest BCUT2D eigenvalue weighted by Crippen LogP contribution is 2.17. The summed E-state index contributed by atoms with van der Waals surface area (Å²) in [5.74, 6) is 0.240. The van der Waals surface area contributed by atoms with E-state index in [1.54, 1.807) is 0 Å². The van der Waals surface area contributed by atoms with Crippen molar-refractivity contribution in [3.05, 3.63) is 0 Å². The Morgan fingerprint density at radius 3 is 2.59 bits per heavy atom. The van der Waals surface area contributed by atoms with Gasteiger partial charge < -0.3 is 15.1 Å². The fourth-order valence-corrected chi connectivity index (χ4v) is 2.22. The number of likely N-dealkylation sites (tertiary alicyclic amines) is 1. The van der Waals surface area contributed by atoms with E-state index in [1.165, 1.54) is 0 Å². The third-order valence-electron chi connectivity index (χ3n) is 3.04. The average molecular weight is 241 g/mol. The molecule has 100 valence electrons. The molecule has 4 heteroatoms.